The number of benzene rings is 1. The van der Waals surface area contributed by atoms with Crippen molar-refractivity contribution < 1.29 is 9.18 Å². The number of halogens is 2. The van der Waals surface area contributed by atoms with Crippen molar-refractivity contribution in [3.05, 3.63) is 34.4 Å². The zero-order chi connectivity index (χ0) is 13.6. The van der Waals surface area contributed by atoms with E-state index in [1.165, 1.54) is 17.0 Å². The average molecular weight is 280 g/mol. The second kappa shape index (κ2) is 4.20. The molecule has 1 aromatic heterocycles. The summed E-state index contributed by atoms with van der Waals surface area (Å²) in [4.78, 5) is 16.4. The van der Waals surface area contributed by atoms with E-state index in [4.69, 9.17) is 11.6 Å². The largest absolute Gasteiger partial charge is 0.293 e. The maximum atomic E-state index is 13.4. The Morgan fingerprint density at radius 3 is 2.89 bits per heavy atom. The van der Waals surface area contributed by atoms with Crippen molar-refractivity contribution >= 4 is 29.3 Å². The van der Waals surface area contributed by atoms with Crippen LogP contribution < -0.4 is 0 Å². The molecule has 1 aliphatic rings. The molecule has 1 unspecified atom stereocenters. The van der Waals surface area contributed by atoms with Crippen LogP contribution in [0.1, 0.15) is 22.1 Å². The molecule has 0 saturated heterocycles. The molecule has 1 aliphatic heterocycles. The summed E-state index contributed by atoms with van der Waals surface area (Å²) < 4.78 is 14.8. The van der Waals surface area contributed by atoms with E-state index in [9.17, 15) is 9.18 Å². The van der Waals surface area contributed by atoms with Gasteiger partial charge in [-0.15, -0.1) is 5.10 Å². The van der Waals surface area contributed by atoms with Crippen molar-refractivity contribution in [1.82, 2.24) is 20.2 Å². The minimum Gasteiger partial charge on any atom is -0.293 e. The third kappa shape index (κ3) is 1.82. The third-order valence-corrected chi connectivity index (χ3v) is 3.17. The molecule has 3 rings (SSSR count). The number of aromatic nitrogens is 4. The second-order valence-electron chi connectivity index (χ2n) is 4.06. The van der Waals surface area contributed by atoms with Crippen LogP contribution in [0.3, 0.4) is 0 Å². The molecule has 0 aliphatic carbocycles. The lowest BCUT2D eigenvalue weighted by Crippen LogP contribution is -2.21. The Kier molecular flexibility index (Phi) is 2.63. The molecule has 2 heterocycles. The van der Waals surface area contributed by atoms with Gasteiger partial charge in [-0.05, 0) is 22.6 Å². The average Bonchev–Trinajstić information content (AvgIpc) is 2.79. The molecule has 0 N–H and O–H groups in total. The highest BCUT2D eigenvalue weighted by Crippen LogP contribution is 2.33. The molecule has 6 nitrogen and oxygen atoms in total. The smallest absolute Gasteiger partial charge is 0.181 e. The number of tetrazole rings is 1. The highest BCUT2D eigenvalue weighted by molar-refractivity contribution is 6.31. The Balaban J connectivity index is 2.10. The van der Waals surface area contributed by atoms with Crippen molar-refractivity contribution in [3.8, 4) is 0 Å². The SMILES string of the molecule is Cn1nnnc1C1C=Nc2cc(Cl)c(F)cc2C1=O. The van der Waals surface area contributed by atoms with Gasteiger partial charge in [-0.1, -0.05) is 11.6 Å². The van der Waals surface area contributed by atoms with E-state index in [0.29, 0.717) is 11.5 Å². The van der Waals surface area contributed by atoms with Gasteiger partial charge in [0, 0.05) is 18.8 Å². The first kappa shape index (κ1) is 11.9. The van der Waals surface area contributed by atoms with Crippen molar-refractivity contribution in [2.24, 2.45) is 12.0 Å². The van der Waals surface area contributed by atoms with Gasteiger partial charge in [0.25, 0.3) is 0 Å². The number of rotatable bonds is 1. The van der Waals surface area contributed by atoms with E-state index in [0.717, 1.165) is 6.07 Å². The lowest BCUT2D eigenvalue weighted by molar-refractivity contribution is 0.0979. The summed E-state index contributed by atoms with van der Waals surface area (Å²) in [7, 11) is 1.62. The van der Waals surface area contributed by atoms with E-state index in [-0.39, 0.29) is 16.4 Å². The van der Waals surface area contributed by atoms with E-state index < -0.39 is 11.7 Å². The summed E-state index contributed by atoms with van der Waals surface area (Å²) in [5.74, 6) is -1.32. The molecule has 0 radical (unpaired) electrons. The molecule has 0 bridgehead atoms. The molecule has 1 atom stereocenters. The molecular formula is C11H7ClFN5O. The van der Waals surface area contributed by atoms with Gasteiger partial charge in [-0.25, -0.2) is 9.07 Å². The van der Waals surface area contributed by atoms with E-state index in [1.54, 1.807) is 7.05 Å². The Morgan fingerprint density at radius 2 is 2.21 bits per heavy atom. The summed E-state index contributed by atoms with van der Waals surface area (Å²) in [6.07, 6.45) is 1.44. The zero-order valence-electron chi connectivity index (χ0n) is 9.71. The Bertz CT molecular complexity index is 711. The van der Waals surface area contributed by atoms with Crippen molar-refractivity contribution in [2.45, 2.75) is 5.92 Å². The maximum Gasteiger partial charge on any atom is 0.181 e. The molecule has 96 valence electrons. The number of ketones is 1. The van der Waals surface area contributed by atoms with Gasteiger partial charge in [-0.3, -0.25) is 9.79 Å². The van der Waals surface area contributed by atoms with E-state index in [1.807, 2.05) is 0 Å². The predicted octanol–water partition coefficient (Wildman–Crippen LogP) is 1.68. The van der Waals surface area contributed by atoms with Crippen LogP contribution in [-0.2, 0) is 7.05 Å². The lowest BCUT2D eigenvalue weighted by atomic mass is 9.94. The molecule has 0 fully saturated rings. The van der Waals surface area contributed by atoms with Gasteiger partial charge < -0.3 is 0 Å². The zero-order valence-corrected chi connectivity index (χ0v) is 10.5. The molecular weight excluding hydrogens is 273 g/mol. The number of hydrogen-bond donors (Lipinski definition) is 0. The second-order valence-corrected chi connectivity index (χ2v) is 4.47. The number of Topliss-reactive ketones (excluding diaryl/α,β-unsaturated/α-hetero) is 1. The minimum absolute atomic E-state index is 0.0672. The van der Waals surface area contributed by atoms with Crippen LogP contribution in [0.2, 0.25) is 5.02 Å². The quantitative estimate of drug-likeness (QED) is 0.796. The number of carbonyl (C=O) groups is 1. The van der Waals surface area contributed by atoms with Gasteiger partial charge in [-0.2, -0.15) is 0 Å². The Labute approximate surface area is 111 Å². The monoisotopic (exact) mass is 279 g/mol. The number of carbonyl (C=O) groups excluding carboxylic acids is 1. The van der Waals surface area contributed by atoms with Gasteiger partial charge in [0.15, 0.2) is 11.6 Å². The first-order chi connectivity index (χ1) is 9.08. The number of hydrogen-bond acceptors (Lipinski definition) is 5. The van der Waals surface area contributed by atoms with Crippen LogP contribution in [-0.4, -0.2) is 32.2 Å². The fraction of sp³-hybridized carbons (Fsp3) is 0.182. The molecule has 2 aromatic rings. The number of aryl methyl sites for hydroxylation is 1. The van der Waals surface area contributed by atoms with Gasteiger partial charge in [0.05, 0.1) is 10.7 Å². The van der Waals surface area contributed by atoms with Crippen LogP contribution in [0, 0.1) is 5.82 Å². The number of nitrogens with zero attached hydrogens (tertiary/aromatic N) is 5. The Hall–Kier alpha value is -2.15. The van der Waals surface area contributed by atoms with Crippen molar-refractivity contribution in [1.29, 1.82) is 0 Å². The fourth-order valence-corrected chi connectivity index (χ4v) is 2.07. The van der Waals surface area contributed by atoms with E-state index in [2.05, 4.69) is 20.5 Å². The summed E-state index contributed by atoms with van der Waals surface area (Å²) in [5.41, 5.74) is 0.528. The molecule has 0 amide bonds. The van der Waals surface area contributed by atoms with Crippen LogP contribution in [0.4, 0.5) is 10.1 Å². The standard InChI is InChI=1S/C11H7ClFN5O/c1-18-11(15-16-17-18)6-4-14-9-3-7(12)8(13)2-5(9)10(6)19/h2-4,6H,1H3. The first-order valence-corrected chi connectivity index (χ1v) is 5.75. The lowest BCUT2D eigenvalue weighted by Gasteiger charge is -2.16. The molecule has 1 aromatic carbocycles. The predicted molar refractivity (Wildman–Crippen MR) is 65.4 cm³/mol. The van der Waals surface area contributed by atoms with Crippen LogP contribution >= 0.6 is 11.6 Å². The minimum atomic E-state index is -0.715. The highest BCUT2D eigenvalue weighted by Gasteiger charge is 2.30. The molecule has 8 heteroatoms. The normalized spacial score (nSPS) is 17.6. The third-order valence-electron chi connectivity index (χ3n) is 2.88. The fourth-order valence-electron chi connectivity index (χ4n) is 1.91. The van der Waals surface area contributed by atoms with Crippen LogP contribution in [0.25, 0.3) is 0 Å². The van der Waals surface area contributed by atoms with Gasteiger partial charge in [0.1, 0.15) is 11.7 Å². The number of aliphatic imine (C=N–C) groups is 1. The highest BCUT2D eigenvalue weighted by atomic mass is 35.5. The molecule has 0 saturated carbocycles. The summed E-state index contributed by atoms with van der Waals surface area (Å²) >= 11 is 5.66. The van der Waals surface area contributed by atoms with Crippen molar-refractivity contribution in [3.63, 3.8) is 0 Å². The molecule has 19 heavy (non-hydrogen) atoms. The summed E-state index contributed by atoms with van der Waals surface area (Å²) in [6, 6.07) is 2.42. The molecule has 0 spiro atoms. The summed E-state index contributed by atoms with van der Waals surface area (Å²) in [6.45, 7) is 0. The van der Waals surface area contributed by atoms with E-state index >= 15 is 0 Å². The summed E-state index contributed by atoms with van der Waals surface area (Å²) in [5, 5.41) is 10.8. The first-order valence-electron chi connectivity index (χ1n) is 5.37. The van der Waals surface area contributed by atoms with Crippen LogP contribution in [0.15, 0.2) is 17.1 Å². The van der Waals surface area contributed by atoms with Gasteiger partial charge >= 0.3 is 0 Å². The topological polar surface area (TPSA) is 73.0 Å². The maximum absolute atomic E-state index is 13.4. The number of fused-ring (bicyclic) bond motifs is 1. The van der Waals surface area contributed by atoms with Crippen LogP contribution in [0.5, 0.6) is 0 Å². The Morgan fingerprint density at radius 1 is 1.42 bits per heavy atom. The van der Waals surface area contributed by atoms with Crippen molar-refractivity contribution in [2.75, 3.05) is 0 Å². The van der Waals surface area contributed by atoms with Gasteiger partial charge in [0.2, 0.25) is 0 Å².